The Kier molecular flexibility index (Phi) is 6.91. The number of carbonyl (C=O) groups excluding carboxylic acids is 1. The van der Waals surface area contributed by atoms with Gasteiger partial charge in [-0.2, -0.15) is 0 Å². The molecule has 0 saturated heterocycles. The number of hydrogen-bond acceptors (Lipinski definition) is 6. The molecule has 1 fully saturated rings. The molecule has 5 nitrogen and oxygen atoms in total. The first-order chi connectivity index (χ1) is 12.6. The SMILES string of the molecule is Cc1ccccc1CN(C)C(=O)CSc1nnc(NC2CCCCC2)s1. The minimum atomic E-state index is 0.107. The van der Waals surface area contributed by atoms with E-state index in [1.54, 1.807) is 16.2 Å². The fraction of sp³-hybridized carbons (Fsp3) is 0.526. The molecule has 2 aromatic rings. The fourth-order valence-electron chi connectivity index (χ4n) is 3.11. The Bertz CT molecular complexity index is 728. The van der Waals surface area contributed by atoms with Gasteiger partial charge in [0.25, 0.3) is 0 Å². The first-order valence-electron chi connectivity index (χ1n) is 9.13. The van der Waals surface area contributed by atoms with Gasteiger partial charge < -0.3 is 10.2 Å². The van der Waals surface area contributed by atoms with Gasteiger partial charge in [-0.15, -0.1) is 10.2 Å². The van der Waals surface area contributed by atoms with Crippen LogP contribution in [0.5, 0.6) is 0 Å². The Labute approximate surface area is 163 Å². The maximum absolute atomic E-state index is 12.4. The van der Waals surface area contributed by atoms with Gasteiger partial charge in [0.2, 0.25) is 11.0 Å². The lowest BCUT2D eigenvalue weighted by atomic mass is 9.96. The molecular weight excluding hydrogens is 364 g/mol. The highest BCUT2D eigenvalue weighted by molar-refractivity contribution is 8.01. The second-order valence-corrected chi connectivity index (χ2v) is 9.02. The molecule has 1 aromatic carbocycles. The molecule has 1 amide bonds. The first-order valence-corrected chi connectivity index (χ1v) is 10.9. The van der Waals surface area contributed by atoms with Crippen LogP contribution < -0.4 is 5.32 Å². The van der Waals surface area contributed by atoms with Crippen molar-refractivity contribution in [3.63, 3.8) is 0 Å². The number of aromatic nitrogens is 2. The van der Waals surface area contributed by atoms with Gasteiger partial charge in [-0.3, -0.25) is 4.79 Å². The van der Waals surface area contributed by atoms with E-state index in [-0.39, 0.29) is 5.91 Å². The van der Waals surface area contributed by atoms with Gasteiger partial charge >= 0.3 is 0 Å². The molecule has 0 aliphatic heterocycles. The zero-order chi connectivity index (χ0) is 18.4. The number of nitrogens with zero attached hydrogens (tertiary/aromatic N) is 3. The number of hydrogen-bond donors (Lipinski definition) is 1. The van der Waals surface area contributed by atoms with E-state index in [4.69, 9.17) is 0 Å². The molecule has 0 unspecified atom stereocenters. The molecule has 1 N–H and O–H groups in total. The quantitative estimate of drug-likeness (QED) is 0.713. The summed E-state index contributed by atoms with van der Waals surface area (Å²) in [7, 11) is 1.85. The molecule has 1 aliphatic carbocycles. The molecule has 7 heteroatoms. The van der Waals surface area contributed by atoms with Crippen LogP contribution in [0.25, 0.3) is 0 Å². The van der Waals surface area contributed by atoms with Gasteiger partial charge in [0.1, 0.15) is 0 Å². The molecule has 0 radical (unpaired) electrons. The third-order valence-electron chi connectivity index (χ3n) is 4.75. The Morgan fingerprint density at radius 2 is 2.04 bits per heavy atom. The minimum absolute atomic E-state index is 0.107. The van der Waals surface area contributed by atoms with Crippen molar-refractivity contribution in [1.82, 2.24) is 15.1 Å². The fourth-order valence-corrected chi connectivity index (χ4v) is 4.88. The van der Waals surface area contributed by atoms with Crippen molar-refractivity contribution in [2.75, 3.05) is 18.1 Å². The molecule has 26 heavy (non-hydrogen) atoms. The van der Waals surface area contributed by atoms with Crippen LogP contribution in [0, 0.1) is 6.92 Å². The normalized spacial score (nSPS) is 15.0. The molecular formula is C19H26N4OS2. The maximum atomic E-state index is 12.4. The highest BCUT2D eigenvalue weighted by atomic mass is 32.2. The minimum Gasteiger partial charge on any atom is -0.357 e. The second kappa shape index (κ2) is 9.37. The third kappa shape index (κ3) is 5.45. The van der Waals surface area contributed by atoms with Crippen molar-refractivity contribution >= 4 is 34.1 Å². The van der Waals surface area contributed by atoms with Crippen LogP contribution in [0.4, 0.5) is 5.13 Å². The smallest absolute Gasteiger partial charge is 0.233 e. The topological polar surface area (TPSA) is 58.1 Å². The molecule has 1 heterocycles. The average molecular weight is 391 g/mol. The van der Waals surface area contributed by atoms with Gasteiger partial charge in [0.05, 0.1) is 5.75 Å². The molecule has 1 saturated carbocycles. The zero-order valence-corrected chi connectivity index (χ0v) is 17.0. The van der Waals surface area contributed by atoms with Crippen LogP contribution in [0.3, 0.4) is 0 Å². The van der Waals surface area contributed by atoms with Crippen LogP contribution in [0.2, 0.25) is 0 Å². The van der Waals surface area contributed by atoms with Gasteiger partial charge in [0.15, 0.2) is 4.34 Å². The predicted octanol–water partition coefficient (Wildman–Crippen LogP) is 4.34. The van der Waals surface area contributed by atoms with Crippen molar-refractivity contribution < 1.29 is 4.79 Å². The Balaban J connectivity index is 1.46. The summed E-state index contributed by atoms with van der Waals surface area (Å²) in [5.74, 6) is 0.496. The molecule has 0 bridgehead atoms. The Hall–Kier alpha value is -1.60. The number of amides is 1. The lowest BCUT2D eigenvalue weighted by Crippen LogP contribution is -2.28. The summed E-state index contributed by atoms with van der Waals surface area (Å²) in [5, 5.41) is 12.8. The lowest BCUT2D eigenvalue weighted by Gasteiger charge is -2.21. The standard InChI is InChI=1S/C19H26N4OS2/c1-14-8-6-7-9-15(14)12-23(2)17(24)13-25-19-22-21-18(26-19)20-16-10-4-3-5-11-16/h6-9,16H,3-5,10-13H2,1-2H3,(H,20,21). The second-order valence-electron chi connectivity index (χ2n) is 6.82. The summed E-state index contributed by atoms with van der Waals surface area (Å²) >= 11 is 3.01. The van der Waals surface area contributed by atoms with Gasteiger partial charge in [0, 0.05) is 19.6 Å². The van der Waals surface area contributed by atoms with Gasteiger partial charge in [-0.1, -0.05) is 66.6 Å². The van der Waals surface area contributed by atoms with E-state index in [0.717, 1.165) is 9.47 Å². The Morgan fingerprint density at radius 1 is 1.27 bits per heavy atom. The van der Waals surface area contributed by atoms with Gasteiger partial charge in [-0.05, 0) is 30.9 Å². The Morgan fingerprint density at radius 3 is 2.81 bits per heavy atom. The monoisotopic (exact) mass is 390 g/mol. The highest BCUT2D eigenvalue weighted by Crippen LogP contribution is 2.28. The van der Waals surface area contributed by atoms with E-state index in [1.165, 1.54) is 55.0 Å². The van der Waals surface area contributed by atoms with Gasteiger partial charge in [-0.25, -0.2) is 0 Å². The molecule has 140 valence electrons. The van der Waals surface area contributed by atoms with Crippen molar-refractivity contribution in [2.45, 2.75) is 56.0 Å². The number of nitrogens with one attached hydrogen (secondary N) is 1. The summed E-state index contributed by atoms with van der Waals surface area (Å²) in [5.41, 5.74) is 2.39. The summed E-state index contributed by atoms with van der Waals surface area (Å²) in [6.07, 6.45) is 6.35. The summed E-state index contributed by atoms with van der Waals surface area (Å²) in [4.78, 5) is 14.2. The van der Waals surface area contributed by atoms with Crippen molar-refractivity contribution in [3.8, 4) is 0 Å². The van der Waals surface area contributed by atoms with Crippen LogP contribution in [0.15, 0.2) is 28.6 Å². The van der Waals surface area contributed by atoms with E-state index < -0.39 is 0 Å². The summed E-state index contributed by atoms with van der Waals surface area (Å²) in [6, 6.07) is 8.70. The number of thioether (sulfide) groups is 1. The van der Waals surface area contributed by atoms with Crippen molar-refractivity contribution in [3.05, 3.63) is 35.4 Å². The zero-order valence-electron chi connectivity index (χ0n) is 15.4. The average Bonchev–Trinajstić information content (AvgIpc) is 3.09. The number of aryl methyl sites for hydroxylation is 1. The van der Waals surface area contributed by atoms with E-state index in [9.17, 15) is 4.79 Å². The van der Waals surface area contributed by atoms with Crippen LogP contribution in [-0.2, 0) is 11.3 Å². The number of anilines is 1. The maximum Gasteiger partial charge on any atom is 0.233 e. The predicted molar refractivity (Wildman–Crippen MR) is 109 cm³/mol. The van der Waals surface area contributed by atoms with E-state index >= 15 is 0 Å². The molecule has 1 aromatic heterocycles. The number of benzene rings is 1. The molecule has 1 aliphatic rings. The summed E-state index contributed by atoms with van der Waals surface area (Å²) < 4.78 is 0.848. The van der Waals surface area contributed by atoms with E-state index in [2.05, 4.69) is 34.6 Å². The van der Waals surface area contributed by atoms with E-state index in [1.807, 2.05) is 19.2 Å². The largest absolute Gasteiger partial charge is 0.357 e. The third-order valence-corrected chi connectivity index (χ3v) is 6.73. The molecule has 0 spiro atoms. The van der Waals surface area contributed by atoms with Crippen molar-refractivity contribution in [2.24, 2.45) is 0 Å². The first kappa shape index (κ1) is 19.2. The number of carbonyl (C=O) groups is 1. The van der Waals surface area contributed by atoms with Crippen LogP contribution in [0.1, 0.15) is 43.2 Å². The van der Waals surface area contributed by atoms with E-state index in [0.29, 0.717) is 18.3 Å². The van der Waals surface area contributed by atoms with Crippen LogP contribution >= 0.6 is 23.1 Å². The lowest BCUT2D eigenvalue weighted by molar-refractivity contribution is -0.127. The molecule has 3 rings (SSSR count). The molecule has 0 atom stereocenters. The van der Waals surface area contributed by atoms with Crippen LogP contribution in [-0.4, -0.2) is 39.8 Å². The van der Waals surface area contributed by atoms with Crippen molar-refractivity contribution in [1.29, 1.82) is 0 Å². The highest BCUT2D eigenvalue weighted by Gasteiger charge is 2.16. The number of rotatable bonds is 7. The summed E-state index contributed by atoms with van der Waals surface area (Å²) in [6.45, 7) is 2.71.